The first-order chi connectivity index (χ1) is 22.4. The van der Waals surface area contributed by atoms with Gasteiger partial charge in [-0.15, -0.1) is 0 Å². The second-order valence-corrected chi connectivity index (χ2v) is 10.5. The van der Waals surface area contributed by atoms with E-state index in [0.717, 1.165) is 33.5 Å². The third-order valence-corrected chi connectivity index (χ3v) is 7.15. The molecule has 7 amide bonds. The standard InChI is InChI=1S/C34H35N7O5/c1-35-31(42)39-27-12-14-29-23(19-27)18-24-20-28(13-15-30(24)29)40-32(43)36-16-5-17-46-34(45)41-26-10-8-22(9-11-26)21-37-33(44)38-25-6-3-2-4-7-25/h2-4,6-15,19-20H,5,16-18,21H2,1H3,(H,41,45)(H2,35,39,42)(H2,36,40,43)(H2,37,38,44). The van der Waals surface area contributed by atoms with Gasteiger partial charge in [-0.1, -0.05) is 42.5 Å². The average molecular weight is 622 g/mol. The van der Waals surface area contributed by atoms with Gasteiger partial charge in [0.05, 0.1) is 6.61 Å². The molecular formula is C34H35N7O5. The fourth-order valence-corrected chi connectivity index (χ4v) is 4.91. The second-order valence-electron chi connectivity index (χ2n) is 10.5. The van der Waals surface area contributed by atoms with Gasteiger partial charge in [-0.2, -0.15) is 0 Å². The number of fused-ring (bicyclic) bond motifs is 3. The second kappa shape index (κ2) is 15.1. The van der Waals surface area contributed by atoms with Crippen molar-refractivity contribution < 1.29 is 23.9 Å². The summed E-state index contributed by atoms with van der Waals surface area (Å²) in [6.45, 7) is 0.763. The maximum absolute atomic E-state index is 12.4. The number of hydrogen-bond donors (Lipinski definition) is 7. The number of urea groups is 3. The van der Waals surface area contributed by atoms with Crippen molar-refractivity contribution in [2.24, 2.45) is 0 Å². The number of carbonyl (C=O) groups excluding carboxylic acids is 4. The Morgan fingerprint density at radius 2 is 1.20 bits per heavy atom. The Morgan fingerprint density at radius 3 is 1.85 bits per heavy atom. The van der Waals surface area contributed by atoms with Crippen LogP contribution in [-0.4, -0.2) is 44.4 Å². The molecule has 4 aromatic carbocycles. The van der Waals surface area contributed by atoms with Crippen LogP contribution in [-0.2, 0) is 17.7 Å². The van der Waals surface area contributed by atoms with E-state index in [-0.39, 0.29) is 24.7 Å². The number of anilines is 4. The van der Waals surface area contributed by atoms with Gasteiger partial charge in [-0.05, 0) is 89.2 Å². The average Bonchev–Trinajstić information content (AvgIpc) is 3.41. The first kappa shape index (κ1) is 31.4. The summed E-state index contributed by atoms with van der Waals surface area (Å²) in [5.41, 5.74) is 7.89. The van der Waals surface area contributed by atoms with Gasteiger partial charge in [0.25, 0.3) is 0 Å². The predicted molar refractivity (Wildman–Crippen MR) is 178 cm³/mol. The molecule has 0 heterocycles. The van der Waals surface area contributed by atoms with Gasteiger partial charge in [-0.25, -0.2) is 19.2 Å². The lowest BCUT2D eigenvalue weighted by Crippen LogP contribution is -2.30. The molecule has 4 aromatic rings. The minimum Gasteiger partial charge on any atom is -0.449 e. The molecule has 0 saturated carbocycles. The molecule has 0 fully saturated rings. The molecule has 1 aliphatic rings. The zero-order valence-electron chi connectivity index (χ0n) is 25.2. The van der Waals surface area contributed by atoms with E-state index in [1.165, 1.54) is 0 Å². The number of amides is 7. The lowest BCUT2D eigenvalue weighted by atomic mass is 10.1. The molecule has 12 nitrogen and oxygen atoms in total. The Balaban J connectivity index is 0.966. The molecule has 46 heavy (non-hydrogen) atoms. The van der Waals surface area contributed by atoms with E-state index in [0.29, 0.717) is 43.0 Å². The summed E-state index contributed by atoms with van der Waals surface area (Å²) in [5.74, 6) is 0. The van der Waals surface area contributed by atoms with Crippen molar-refractivity contribution in [2.45, 2.75) is 19.4 Å². The van der Waals surface area contributed by atoms with Crippen LogP contribution in [0.15, 0.2) is 91.0 Å². The maximum Gasteiger partial charge on any atom is 0.411 e. The molecule has 7 N–H and O–H groups in total. The van der Waals surface area contributed by atoms with Crippen molar-refractivity contribution in [3.05, 3.63) is 108 Å². The summed E-state index contributed by atoms with van der Waals surface area (Å²) >= 11 is 0. The molecule has 0 aliphatic heterocycles. The highest BCUT2D eigenvalue weighted by atomic mass is 16.5. The highest BCUT2D eigenvalue weighted by Crippen LogP contribution is 2.39. The van der Waals surface area contributed by atoms with E-state index < -0.39 is 6.09 Å². The van der Waals surface area contributed by atoms with Crippen molar-refractivity contribution in [1.29, 1.82) is 0 Å². The molecule has 0 unspecified atom stereocenters. The topological polar surface area (TPSA) is 162 Å². The summed E-state index contributed by atoms with van der Waals surface area (Å²) in [6, 6.07) is 26.8. The Kier molecular flexibility index (Phi) is 10.3. The molecule has 0 bridgehead atoms. The van der Waals surface area contributed by atoms with Crippen molar-refractivity contribution in [1.82, 2.24) is 16.0 Å². The molecule has 1 aliphatic carbocycles. The van der Waals surface area contributed by atoms with Gasteiger partial charge < -0.3 is 36.6 Å². The molecule has 0 radical (unpaired) electrons. The van der Waals surface area contributed by atoms with Crippen LogP contribution in [0.4, 0.5) is 41.9 Å². The van der Waals surface area contributed by atoms with E-state index in [9.17, 15) is 19.2 Å². The highest BCUT2D eigenvalue weighted by Gasteiger charge is 2.20. The normalized spacial score (nSPS) is 10.9. The number of rotatable bonds is 10. The van der Waals surface area contributed by atoms with Gasteiger partial charge in [0.2, 0.25) is 0 Å². The Hall–Kier alpha value is -6.04. The van der Waals surface area contributed by atoms with Crippen LogP contribution in [0.5, 0.6) is 0 Å². The Morgan fingerprint density at radius 1 is 0.630 bits per heavy atom. The van der Waals surface area contributed by atoms with Crippen LogP contribution in [0.3, 0.4) is 0 Å². The lowest BCUT2D eigenvalue weighted by Gasteiger charge is -2.10. The van der Waals surface area contributed by atoms with Gasteiger partial charge in [-0.3, -0.25) is 5.32 Å². The van der Waals surface area contributed by atoms with Crippen LogP contribution in [0.1, 0.15) is 23.1 Å². The van der Waals surface area contributed by atoms with Crippen molar-refractivity contribution in [2.75, 3.05) is 41.5 Å². The zero-order chi connectivity index (χ0) is 32.3. The minimum atomic E-state index is -0.603. The van der Waals surface area contributed by atoms with Crippen LogP contribution >= 0.6 is 0 Å². The number of ether oxygens (including phenoxy) is 1. The molecule has 0 saturated heterocycles. The van der Waals surface area contributed by atoms with E-state index in [1.807, 2.05) is 54.6 Å². The zero-order valence-corrected chi connectivity index (χ0v) is 25.2. The fraction of sp³-hybridized carbons (Fsp3) is 0.176. The predicted octanol–water partition coefficient (Wildman–Crippen LogP) is 6.09. The minimum absolute atomic E-state index is 0.124. The van der Waals surface area contributed by atoms with Crippen LogP contribution in [0.2, 0.25) is 0 Å². The Labute approximate surface area is 266 Å². The number of benzene rings is 4. The smallest absolute Gasteiger partial charge is 0.411 e. The van der Waals surface area contributed by atoms with E-state index >= 15 is 0 Å². The van der Waals surface area contributed by atoms with Crippen molar-refractivity contribution in [3.63, 3.8) is 0 Å². The van der Waals surface area contributed by atoms with Crippen LogP contribution < -0.4 is 37.2 Å². The van der Waals surface area contributed by atoms with E-state index in [2.05, 4.69) is 37.2 Å². The number of hydrogen-bond acceptors (Lipinski definition) is 5. The largest absolute Gasteiger partial charge is 0.449 e. The quantitative estimate of drug-likeness (QED) is 0.0938. The van der Waals surface area contributed by atoms with Gasteiger partial charge in [0, 0.05) is 42.9 Å². The summed E-state index contributed by atoms with van der Waals surface area (Å²) in [5, 5.41) is 19.1. The van der Waals surface area contributed by atoms with Crippen molar-refractivity contribution >= 4 is 46.9 Å². The van der Waals surface area contributed by atoms with Crippen molar-refractivity contribution in [3.8, 4) is 11.1 Å². The van der Waals surface area contributed by atoms with Crippen LogP contribution in [0, 0.1) is 0 Å². The van der Waals surface area contributed by atoms with Crippen LogP contribution in [0.25, 0.3) is 11.1 Å². The first-order valence-electron chi connectivity index (χ1n) is 14.8. The monoisotopic (exact) mass is 621 g/mol. The Bertz CT molecular complexity index is 1710. The maximum atomic E-state index is 12.4. The summed E-state index contributed by atoms with van der Waals surface area (Å²) in [7, 11) is 1.57. The van der Waals surface area contributed by atoms with E-state index in [4.69, 9.17) is 4.74 Å². The lowest BCUT2D eigenvalue weighted by molar-refractivity contribution is 0.160. The summed E-state index contributed by atoms with van der Waals surface area (Å²) in [6.07, 6.45) is 0.524. The SMILES string of the molecule is CNC(=O)Nc1ccc2c(c1)Cc1cc(NC(=O)NCCCOC(=O)Nc3ccc(CNC(=O)Nc4ccccc4)cc3)ccc1-2. The summed E-state index contributed by atoms with van der Waals surface area (Å²) in [4.78, 5) is 48.3. The molecule has 0 spiro atoms. The van der Waals surface area contributed by atoms with Gasteiger partial charge >= 0.3 is 24.2 Å². The number of carbonyl (C=O) groups is 4. The van der Waals surface area contributed by atoms with Gasteiger partial charge in [0.1, 0.15) is 0 Å². The fourth-order valence-electron chi connectivity index (χ4n) is 4.91. The number of nitrogens with one attached hydrogen (secondary N) is 7. The summed E-state index contributed by atoms with van der Waals surface area (Å²) < 4.78 is 5.22. The van der Waals surface area contributed by atoms with Gasteiger partial charge in [0.15, 0.2) is 0 Å². The number of para-hydroxylation sites is 1. The van der Waals surface area contributed by atoms with E-state index in [1.54, 1.807) is 43.4 Å². The molecule has 0 atom stereocenters. The molecule has 5 rings (SSSR count). The molecular weight excluding hydrogens is 586 g/mol. The third-order valence-electron chi connectivity index (χ3n) is 7.15. The third kappa shape index (κ3) is 8.76. The molecule has 236 valence electrons. The molecule has 12 heteroatoms. The highest BCUT2D eigenvalue weighted by molar-refractivity contribution is 5.92. The molecule has 0 aromatic heterocycles. The first-order valence-corrected chi connectivity index (χ1v) is 14.8.